The molecule has 0 aliphatic carbocycles. The van der Waals surface area contributed by atoms with Crippen LogP contribution < -0.4 is 0 Å². The van der Waals surface area contributed by atoms with E-state index in [-0.39, 0.29) is 12.5 Å². The summed E-state index contributed by atoms with van der Waals surface area (Å²) in [5, 5.41) is 0.669. The van der Waals surface area contributed by atoms with Crippen molar-refractivity contribution in [2.45, 2.75) is 19.8 Å². The van der Waals surface area contributed by atoms with Crippen LogP contribution in [0, 0.1) is 11.6 Å². The number of benzene rings is 2. The minimum atomic E-state index is -0.871. The highest BCUT2D eigenvalue weighted by Crippen LogP contribution is 2.30. The second-order valence-electron chi connectivity index (χ2n) is 6.65. The number of nitrogens with zero attached hydrogens (tertiary/aromatic N) is 1. The van der Waals surface area contributed by atoms with Crippen molar-refractivity contribution in [3.8, 4) is 0 Å². The molecule has 0 bridgehead atoms. The molecule has 0 atom stereocenters. The first kappa shape index (κ1) is 21.0. The molecule has 0 unspecified atom stereocenters. The summed E-state index contributed by atoms with van der Waals surface area (Å²) in [6.07, 6.45) is 0.0193. The third-order valence-electron chi connectivity index (χ3n) is 4.71. The second-order valence-corrected chi connectivity index (χ2v) is 7.10. The fourth-order valence-corrected chi connectivity index (χ4v) is 3.47. The number of halogens is 3. The van der Waals surface area contributed by atoms with Gasteiger partial charge in [-0.1, -0.05) is 41.9 Å². The first-order chi connectivity index (χ1) is 13.9. The molecular weight excluding hydrogens is 400 g/mol. The normalized spacial score (nSPS) is 14.1. The number of carbonyl (C=O) groups excluding carboxylic acids is 2. The lowest BCUT2D eigenvalue weighted by atomic mass is 9.97. The maximum Gasteiger partial charge on any atom is 0.410 e. The maximum atomic E-state index is 13.8. The number of ether oxygens (including phenoxy) is 1. The minimum Gasteiger partial charge on any atom is -0.450 e. The predicted molar refractivity (Wildman–Crippen MR) is 107 cm³/mol. The van der Waals surface area contributed by atoms with Crippen LogP contribution in [0.5, 0.6) is 0 Å². The highest BCUT2D eigenvalue weighted by atomic mass is 35.5. The number of ketones is 1. The SMILES string of the molecule is CCOC(=O)N1CCC(Cl)=C(c2ccc(CC(=O)c3c(F)cccc3F)cc2)C1. The van der Waals surface area contributed by atoms with Gasteiger partial charge in [-0.3, -0.25) is 4.79 Å². The van der Waals surface area contributed by atoms with Gasteiger partial charge in [0.15, 0.2) is 5.78 Å². The Balaban J connectivity index is 1.74. The lowest BCUT2D eigenvalue weighted by molar-refractivity contribution is 0.0984. The molecular formula is C22H20ClF2NO3. The van der Waals surface area contributed by atoms with Crippen LogP contribution in [0.3, 0.4) is 0 Å². The number of rotatable bonds is 5. The molecule has 1 heterocycles. The highest BCUT2D eigenvalue weighted by molar-refractivity contribution is 6.33. The van der Waals surface area contributed by atoms with Crippen molar-refractivity contribution < 1.29 is 23.1 Å². The average molecular weight is 420 g/mol. The molecule has 1 aliphatic rings. The van der Waals surface area contributed by atoms with Gasteiger partial charge in [0.25, 0.3) is 0 Å². The van der Waals surface area contributed by atoms with E-state index in [4.69, 9.17) is 16.3 Å². The van der Waals surface area contributed by atoms with Gasteiger partial charge in [0.1, 0.15) is 11.6 Å². The Hall–Kier alpha value is -2.73. The van der Waals surface area contributed by atoms with Gasteiger partial charge in [0.05, 0.1) is 18.7 Å². The smallest absolute Gasteiger partial charge is 0.410 e. The Morgan fingerprint density at radius 2 is 1.76 bits per heavy atom. The van der Waals surface area contributed by atoms with E-state index in [0.29, 0.717) is 36.7 Å². The van der Waals surface area contributed by atoms with Crippen molar-refractivity contribution in [1.29, 1.82) is 0 Å². The molecule has 0 aromatic heterocycles. The zero-order valence-corrected chi connectivity index (χ0v) is 16.6. The van der Waals surface area contributed by atoms with Crippen LogP contribution in [0.2, 0.25) is 0 Å². The number of hydrogen-bond donors (Lipinski definition) is 0. The van der Waals surface area contributed by atoms with Crippen LogP contribution in [0.4, 0.5) is 13.6 Å². The van der Waals surface area contributed by atoms with Crippen LogP contribution in [-0.2, 0) is 11.2 Å². The summed E-state index contributed by atoms with van der Waals surface area (Å²) < 4.78 is 32.6. The first-order valence-electron chi connectivity index (χ1n) is 9.26. The van der Waals surface area contributed by atoms with Crippen molar-refractivity contribution in [2.24, 2.45) is 0 Å². The lowest BCUT2D eigenvalue weighted by Gasteiger charge is -2.28. The molecule has 152 valence electrons. The summed E-state index contributed by atoms with van der Waals surface area (Å²) in [5.74, 6) is -2.37. The van der Waals surface area contributed by atoms with Gasteiger partial charge in [-0.2, -0.15) is 0 Å². The zero-order valence-electron chi connectivity index (χ0n) is 15.9. The fourth-order valence-electron chi connectivity index (χ4n) is 3.22. The number of hydrogen-bond acceptors (Lipinski definition) is 3. The first-order valence-corrected chi connectivity index (χ1v) is 9.64. The molecule has 7 heteroatoms. The van der Waals surface area contributed by atoms with Gasteiger partial charge in [-0.25, -0.2) is 13.6 Å². The molecule has 0 saturated carbocycles. The van der Waals surface area contributed by atoms with E-state index >= 15 is 0 Å². The summed E-state index contributed by atoms with van der Waals surface area (Å²) in [6, 6.07) is 10.3. The minimum absolute atomic E-state index is 0.125. The molecule has 2 aromatic rings. The summed E-state index contributed by atoms with van der Waals surface area (Å²) in [4.78, 5) is 25.9. The third kappa shape index (κ3) is 4.82. The van der Waals surface area contributed by atoms with Crippen molar-refractivity contribution in [2.75, 3.05) is 19.7 Å². The third-order valence-corrected chi connectivity index (χ3v) is 5.13. The average Bonchev–Trinajstić information content (AvgIpc) is 2.69. The zero-order chi connectivity index (χ0) is 21.0. The summed E-state index contributed by atoms with van der Waals surface area (Å²) in [5.41, 5.74) is 1.72. The molecule has 2 aromatic carbocycles. The molecule has 4 nitrogen and oxygen atoms in total. The predicted octanol–water partition coefficient (Wildman–Crippen LogP) is 5.20. The van der Waals surface area contributed by atoms with E-state index < -0.39 is 23.0 Å². The molecule has 29 heavy (non-hydrogen) atoms. The van der Waals surface area contributed by atoms with Gasteiger partial charge >= 0.3 is 6.09 Å². The fraction of sp³-hybridized carbons (Fsp3) is 0.273. The van der Waals surface area contributed by atoms with E-state index in [2.05, 4.69) is 0 Å². The van der Waals surface area contributed by atoms with Gasteiger partial charge in [0.2, 0.25) is 0 Å². The van der Waals surface area contributed by atoms with Gasteiger partial charge in [-0.15, -0.1) is 0 Å². The Bertz CT molecular complexity index is 937. The van der Waals surface area contributed by atoms with Gasteiger partial charge < -0.3 is 9.64 Å². The molecule has 3 rings (SSSR count). The van der Waals surface area contributed by atoms with Crippen molar-refractivity contribution in [1.82, 2.24) is 4.90 Å². The molecule has 0 radical (unpaired) electrons. The van der Waals surface area contributed by atoms with Gasteiger partial charge in [0, 0.05) is 24.4 Å². The highest BCUT2D eigenvalue weighted by Gasteiger charge is 2.24. The standard InChI is InChI=1S/C22H20ClF2NO3/c1-2-29-22(28)26-11-10-17(23)16(13-26)15-8-6-14(7-9-15)12-20(27)21-18(24)4-3-5-19(21)25/h3-9H,2,10-13H2,1H3. The number of amides is 1. The maximum absolute atomic E-state index is 13.8. The lowest BCUT2D eigenvalue weighted by Crippen LogP contribution is -2.36. The molecule has 0 fully saturated rings. The summed E-state index contributed by atoms with van der Waals surface area (Å²) >= 11 is 6.37. The topological polar surface area (TPSA) is 46.6 Å². The van der Waals surface area contributed by atoms with Crippen LogP contribution >= 0.6 is 11.6 Å². The molecule has 1 amide bonds. The molecule has 0 N–H and O–H groups in total. The Morgan fingerprint density at radius 3 is 2.38 bits per heavy atom. The van der Waals surface area contributed by atoms with E-state index in [0.717, 1.165) is 23.3 Å². The quantitative estimate of drug-likeness (QED) is 0.625. The van der Waals surface area contributed by atoms with Crippen LogP contribution in [-0.4, -0.2) is 36.5 Å². The van der Waals surface area contributed by atoms with Crippen LogP contribution in [0.15, 0.2) is 47.5 Å². The Morgan fingerprint density at radius 1 is 1.10 bits per heavy atom. The molecule has 0 spiro atoms. The van der Waals surface area contributed by atoms with E-state index in [9.17, 15) is 18.4 Å². The second kappa shape index (κ2) is 9.18. The Kier molecular flexibility index (Phi) is 6.64. The van der Waals surface area contributed by atoms with Crippen LogP contribution in [0.25, 0.3) is 5.57 Å². The summed E-state index contributed by atoms with van der Waals surface area (Å²) in [6.45, 7) is 2.87. The van der Waals surface area contributed by atoms with Gasteiger partial charge in [-0.05, 0) is 35.8 Å². The molecule has 0 saturated heterocycles. The van der Waals surface area contributed by atoms with Crippen molar-refractivity contribution in [3.05, 3.63) is 75.8 Å². The number of carbonyl (C=O) groups is 2. The summed E-state index contributed by atoms with van der Waals surface area (Å²) in [7, 11) is 0. The van der Waals surface area contributed by atoms with E-state index in [1.54, 1.807) is 36.1 Å². The van der Waals surface area contributed by atoms with E-state index in [1.165, 1.54) is 6.07 Å². The number of Topliss-reactive ketones (excluding diaryl/α,β-unsaturated/α-hetero) is 1. The monoisotopic (exact) mass is 419 g/mol. The largest absolute Gasteiger partial charge is 0.450 e. The van der Waals surface area contributed by atoms with Crippen molar-refractivity contribution >= 4 is 29.1 Å². The van der Waals surface area contributed by atoms with E-state index in [1.807, 2.05) is 0 Å². The molecule has 1 aliphatic heterocycles. The Labute approximate surface area is 172 Å². The van der Waals surface area contributed by atoms with Crippen molar-refractivity contribution in [3.63, 3.8) is 0 Å². The van der Waals surface area contributed by atoms with Crippen LogP contribution in [0.1, 0.15) is 34.8 Å².